The van der Waals surface area contributed by atoms with E-state index >= 15 is 0 Å². The van der Waals surface area contributed by atoms with Crippen LogP contribution in [0, 0.1) is 5.82 Å². The van der Waals surface area contributed by atoms with E-state index < -0.39 is 21.1 Å². The van der Waals surface area contributed by atoms with Crippen molar-refractivity contribution < 1.29 is 12.8 Å². The van der Waals surface area contributed by atoms with Gasteiger partial charge in [0, 0.05) is 13.1 Å². The van der Waals surface area contributed by atoms with Gasteiger partial charge in [-0.3, -0.25) is 4.31 Å². The number of fused-ring (bicyclic) bond motifs is 1. The van der Waals surface area contributed by atoms with Gasteiger partial charge in [-0.2, -0.15) is 0 Å². The quantitative estimate of drug-likeness (QED) is 0.897. The first-order valence-electron chi connectivity index (χ1n) is 6.00. The highest BCUT2D eigenvalue weighted by atomic mass is 32.2. The third-order valence-corrected chi connectivity index (χ3v) is 5.71. The maximum atomic E-state index is 13.2. The van der Waals surface area contributed by atoms with E-state index in [1.165, 1.54) is 16.4 Å². The summed E-state index contributed by atoms with van der Waals surface area (Å²) in [4.78, 5) is 0. The molecule has 4 nitrogen and oxygen atoms in total. The Kier molecular flexibility index (Phi) is 3.59. The second-order valence-corrected chi connectivity index (χ2v) is 6.54. The molecule has 0 saturated carbocycles. The molecule has 1 aromatic rings. The van der Waals surface area contributed by atoms with E-state index in [2.05, 4.69) is 0 Å². The summed E-state index contributed by atoms with van der Waals surface area (Å²) in [5.74, 6) is -0.420. The summed E-state index contributed by atoms with van der Waals surface area (Å²) in [6.07, 6.45) is 1.08. The van der Waals surface area contributed by atoms with E-state index in [9.17, 15) is 12.8 Å². The number of sulfonamides is 1. The summed E-state index contributed by atoms with van der Waals surface area (Å²) < 4.78 is 39.3. The molecule has 6 heteroatoms. The van der Waals surface area contributed by atoms with Crippen LogP contribution in [0.25, 0.3) is 0 Å². The van der Waals surface area contributed by atoms with Crippen molar-refractivity contribution in [3.05, 3.63) is 29.6 Å². The molecule has 1 heterocycles. The Hall–Kier alpha value is -1.14. The molecule has 2 N–H and O–H groups in total. The fourth-order valence-electron chi connectivity index (χ4n) is 2.27. The van der Waals surface area contributed by atoms with Gasteiger partial charge in [0.25, 0.3) is 0 Å². The zero-order valence-electron chi connectivity index (χ0n) is 10.3. The van der Waals surface area contributed by atoms with Crippen LogP contribution in [0.3, 0.4) is 0 Å². The van der Waals surface area contributed by atoms with Crippen LogP contribution in [0.1, 0.15) is 18.9 Å². The molecule has 18 heavy (non-hydrogen) atoms. The molecular weight excluding hydrogens is 255 g/mol. The van der Waals surface area contributed by atoms with Crippen molar-refractivity contribution in [2.45, 2.75) is 25.0 Å². The topological polar surface area (TPSA) is 63.4 Å². The first-order valence-corrected chi connectivity index (χ1v) is 7.51. The van der Waals surface area contributed by atoms with Crippen LogP contribution in [0.2, 0.25) is 0 Å². The Balaban J connectivity index is 2.41. The van der Waals surface area contributed by atoms with Gasteiger partial charge in [-0.1, -0.05) is 13.0 Å². The number of benzene rings is 1. The SMILES string of the molecule is CCC(CN)S(=O)(=O)N1CCc2ccc(F)cc21. The summed E-state index contributed by atoms with van der Waals surface area (Å²) in [5.41, 5.74) is 6.83. The first kappa shape index (κ1) is 13.3. The number of anilines is 1. The van der Waals surface area contributed by atoms with Gasteiger partial charge in [-0.15, -0.1) is 0 Å². The highest BCUT2D eigenvalue weighted by Gasteiger charge is 2.34. The maximum absolute atomic E-state index is 13.2. The minimum atomic E-state index is -3.49. The predicted molar refractivity (Wildman–Crippen MR) is 69.5 cm³/mol. The van der Waals surface area contributed by atoms with Gasteiger partial charge in [0.1, 0.15) is 5.82 Å². The smallest absolute Gasteiger partial charge is 0.239 e. The van der Waals surface area contributed by atoms with E-state index in [4.69, 9.17) is 5.73 Å². The molecule has 0 bridgehead atoms. The number of hydrogen-bond donors (Lipinski definition) is 1. The van der Waals surface area contributed by atoms with Gasteiger partial charge in [0.15, 0.2) is 0 Å². The lowest BCUT2D eigenvalue weighted by Crippen LogP contribution is -2.41. The Bertz CT molecular complexity index is 541. The van der Waals surface area contributed by atoms with Crippen molar-refractivity contribution in [1.82, 2.24) is 0 Å². The van der Waals surface area contributed by atoms with Crippen molar-refractivity contribution >= 4 is 15.7 Å². The molecule has 1 aliphatic heterocycles. The molecule has 0 aromatic heterocycles. The van der Waals surface area contributed by atoms with Crippen molar-refractivity contribution in [1.29, 1.82) is 0 Å². The van der Waals surface area contributed by atoms with Gasteiger partial charge in [-0.05, 0) is 30.5 Å². The summed E-state index contributed by atoms with van der Waals surface area (Å²) in [6.45, 7) is 2.25. The number of nitrogens with zero attached hydrogens (tertiary/aromatic N) is 1. The summed E-state index contributed by atoms with van der Waals surface area (Å²) in [5, 5.41) is -0.605. The predicted octanol–water partition coefficient (Wildman–Crippen LogP) is 1.26. The monoisotopic (exact) mass is 272 g/mol. The average Bonchev–Trinajstić information content (AvgIpc) is 2.73. The van der Waals surface area contributed by atoms with Crippen LogP contribution in [-0.2, 0) is 16.4 Å². The van der Waals surface area contributed by atoms with Crippen molar-refractivity contribution in [2.75, 3.05) is 17.4 Å². The lowest BCUT2D eigenvalue weighted by atomic mass is 10.2. The summed E-state index contributed by atoms with van der Waals surface area (Å²) in [6, 6.07) is 4.28. The van der Waals surface area contributed by atoms with Crippen LogP contribution in [-0.4, -0.2) is 26.8 Å². The maximum Gasteiger partial charge on any atom is 0.239 e. The molecule has 0 amide bonds. The van der Waals surface area contributed by atoms with Gasteiger partial charge in [-0.25, -0.2) is 12.8 Å². The number of rotatable bonds is 4. The number of hydrogen-bond acceptors (Lipinski definition) is 3. The second-order valence-electron chi connectivity index (χ2n) is 4.41. The van der Waals surface area contributed by atoms with E-state index in [0.29, 0.717) is 25.1 Å². The van der Waals surface area contributed by atoms with E-state index in [0.717, 1.165) is 5.56 Å². The summed E-state index contributed by atoms with van der Waals surface area (Å²) >= 11 is 0. The second kappa shape index (κ2) is 4.85. The Morgan fingerprint density at radius 3 is 2.83 bits per heavy atom. The highest BCUT2D eigenvalue weighted by Crippen LogP contribution is 2.32. The molecule has 1 aromatic carbocycles. The van der Waals surface area contributed by atoms with E-state index in [1.54, 1.807) is 13.0 Å². The largest absolute Gasteiger partial charge is 0.329 e. The fourth-order valence-corrected chi connectivity index (χ4v) is 4.08. The number of halogens is 1. The molecular formula is C12H17FN2O2S. The first-order chi connectivity index (χ1) is 8.50. The molecule has 0 fully saturated rings. The van der Waals surface area contributed by atoms with Crippen molar-refractivity contribution in [3.63, 3.8) is 0 Å². The molecule has 1 aliphatic rings. The Morgan fingerprint density at radius 2 is 2.22 bits per heavy atom. The van der Waals surface area contributed by atoms with Crippen LogP contribution < -0.4 is 10.0 Å². The summed E-state index contributed by atoms with van der Waals surface area (Å²) in [7, 11) is -3.49. The zero-order chi connectivity index (χ0) is 13.3. The standard InChI is InChI=1S/C12H17FN2O2S/c1-2-11(8-14)18(16,17)15-6-5-9-3-4-10(13)7-12(9)15/h3-4,7,11H,2,5-6,8,14H2,1H3. The van der Waals surface area contributed by atoms with Gasteiger partial charge in [0.05, 0.1) is 10.9 Å². The van der Waals surface area contributed by atoms with E-state index in [-0.39, 0.29) is 6.54 Å². The minimum absolute atomic E-state index is 0.0833. The van der Waals surface area contributed by atoms with Crippen LogP contribution in [0.4, 0.5) is 10.1 Å². The fraction of sp³-hybridized carbons (Fsp3) is 0.500. The molecule has 1 unspecified atom stereocenters. The van der Waals surface area contributed by atoms with Crippen LogP contribution >= 0.6 is 0 Å². The van der Waals surface area contributed by atoms with Gasteiger partial charge in [0.2, 0.25) is 10.0 Å². The molecule has 2 rings (SSSR count). The molecule has 100 valence electrons. The molecule has 0 aliphatic carbocycles. The number of nitrogens with two attached hydrogens (primary N) is 1. The molecule has 0 spiro atoms. The van der Waals surface area contributed by atoms with Gasteiger partial charge < -0.3 is 5.73 Å². The Labute approximate surface area is 107 Å². The zero-order valence-corrected chi connectivity index (χ0v) is 11.1. The van der Waals surface area contributed by atoms with Crippen molar-refractivity contribution in [2.24, 2.45) is 5.73 Å². The molecule has 0 saturated heterocycles. The normalized spacial score (nSPS) is 16.7. The average molecular weight is 272 g/mol. The highest BCUT2D eigenvalue weighted by molar-refractivity contribution is 7.93. The lowest BCUT2D eigenvalue weighted by molar-refractivity contribution is 0.572. The van der Waals surface area contributed by atoms with E-state index in [1.807, 2.05) is 0 Å². The third-order valence-electron chi connectivity index (χ3n) is 3.35. The van der Waals surface area contributed by atoms with Crippen molar-refractivity contribution in [3.8, 4) is 0 Å². The third kappa shape index (κ3) is 2.10. The Morgan fingerprint density at radius 1 is 1.50 bits per heavy atom. The van der Waals surface area contributed by atoms with Gasteiger partial charge >= 0.3 is 0 Å². The van der Waals surface area contributed by atoms with Crippen LogP contribution in [0.15, 0.2) is 18.2 Å². The lowest BCUT2D eigenvalue weighted by Gasteiger charge is -2.24. The minimum Gasteiger partial charge on any atom is -0.329 e. The molecule has 1 atom stereocenters. The van der Waals surface area contributed by atoms with Crippen LogP contribution in [0.5, 0.6) is 0 Å². The molecule has 0 radical (unpaired) electrons.